The lowest BCUT2D eigenvalue weighted by molar-refractivity contribution is 1.43. The van der Waals surface area contributed by atoms with Gasteiger partial charge in [0.1, 0.15) is 0 Å². The highest BCUT2D eigenvalue weighted by Crippen LogP contribution is 2.34. The van der Waals surface area contributed by atoms with Gasteiger partial charge in [0.05, 0.1) is 11.4 Å². The molecule has 2 aromatic rings. The van der Waals surface area contributed by atoms with Crippen LogP contribution in [0.5, 0.6) is 0 Å². The van der Waals surface area contributed by atoms with Gasteiger partial charge in [0.25, 0.3) is 0 Å². The predicted octanol–water partition coefficient (Wildman–Crippen LogP) is 3.61. The summed E-state index contributed by atoms with van der Waals surface area (Å²) >= 11 is 5.25. The smallest absolute Gasteiger partial charge is 0.0763 e. The Bertz CT molecular complexity index is 365. The molecule has 1 nitrogen and oxygen atoms in total. The van der Waals surface area contributed by atoms with E-state index in [1.165, 1.54) is 11.4 Å². The summed E-state index contributed by atoms with van der Waals surface area (Å²) in [5.41, 5.74) is 2.35. The number of anilines is 2. The molecular weight excluding hydrogens is 221 g/mol. The summed E-state index contributed by atoms with van der Waals surface area (Å²) in [6.45, 7) is 0. The van der Waals surface area contributed by atoms with Crippen molar-refractivity contribution in [2.45, 2.75) is 0 Å². The first-order valence-electron chi connectivity index (χ1n) is 4.76. The van der Waals surface area contributed by atoms with Crippen molar-refractivity contribution >= 4 is 31.6 Å². The lowest BCUT2D eigenvalue weighted by atomic mass is 10.3. The maximum Gasteiger partial charge on any atom is 0.0763 e. The fraction of sp³-hybridized carbons (Fsp3) is 0. The van der Waals surface area contributed by atoms with E-state index in [0.717, 1.165) is 0 Å². The van der Waals surface area contributed by atoms with E-state index in [0.29, 0.717) is 0 Å². The molecule has 0 heterocycles. The van der Waals surface area contributed by atoms with Crippen LogP contribution >= 0.6 is 7.93 Å². The van der Waals surface area contributed by atoms with E-state index in [4.69, 9.17) is 12.2 Å². The number of hydrogen-bond donors (Lipinski definition) is 0. The molecule has 2 aromatic carbocycles. The minimum Gasteiger partial charge on any atom is -0.537 e. The molecule has 0 bridgehead atoms. The van der Waals surface area contributed by atoms with E-state index < -0.39 is 0 Å². The maximum atomic E-state index is 5.25. The first-order valence-corrected chi connectivity index (χ1v) is 7.16. The Labute approximate surface area is 97.1 Å². The Balaban J connectivity index is 2.34. The van der Waals surface area contributed by atoms with E-state index >= 15 is 0 Å². The van der Waals surface area contributed by atoms with Crippen LogP contribution in [-0.4, -0.2) is 0 Å². The minimum atomic E-state index is -0.166. The summed E-state index contributed by atoms with van der Waals surface area (Å²) in [6, 6.07) is 20.5. The second-order valence-corrected chi connectivity index (χ2v) is 4.51. The van der Waals surface area contributed by atoms with Gasteiger partial charge in [-0.05, 0) is 32.2 Å². The summed E-state index contributed by atoms with van der Waals surface area (Å²) in [5, 5.41) is 0. The Morgan fingerprint density at radius 2 is 1.13 bits per heavy atom. The zero-order valence-electron chi connectivity index (χ0n) is 8.21. The van der Waals surface area contributed by atoms with E-state index in [1.54, 1.807) is 0 Å². The molecule has 0 aliphatic carbocycles. The quantitative estimate of drug-likeness (QED) is 0.588. The van der Waals surface area contributed by atoms with Crippen LogP contribution in [0.15, 0.2) is 60.7 Å². The highest BCUT2D eigenvalue weighted by molar-refractivity contribution is 8.25. The zero-order chi connectivity index (χ0) is 10.5. The minimum absolute atomic E-state index is 0.166. The van der Waals surface area contributed by atoms with Gasteiger partial charge in [-0.25, -0.2) is 4.67 Å². The van der Waals surface area contributed by atoms with Crippen LogP contribution in [0.3, 0.4) is 0 Å². The zero-order valence-corrected chi connectivity index (χ0v) is 10.2. The van der Waals surface area contributed by atoms with Crippen molar-refractivity contribution in [1.29, 1.82) is 0 Å². The normalized spacial score (nSPS) is 10.7. The monoisotopic (exact) mass is 233 g/mol. The topological polar surface area (TPSA) is 3.24 Å². The Hall–Kier alpha value is -0.980. The summed E-state index contributed by atoms with van der Waals surface area (Å²) in [4.78, 5) is 0. The van der Waals surface area contributed by atoms with Crippen LogP contribution in [0, 0.1) is 0 Å². The fourth-order valence-electron chi connectivity index (χ4n) is 1.45. The van der Waals surface area contributed by atoms with E-state index in [-0.39, 0.29) is 7.93 Å². The van der Waals surface area contributed by atoms with Crippen LogP contribution in [0.4, 0.5) is 11.4 Å². The molecule has 0 N–H and O–H groups in total. The number of para-hydroxylation sites is 2. The molecule has 0 radical (unpaired) electrons. The summed E-state index contributed by atoms with van der Waals surface area (Å²) in [7, 11) is -0.166. The number of hydrogen-bond acceptors (Lipinski definition) is 2. The van der Waals surface area contributed by atoms with Gasteiger partial charge in [-0.3, -0.25) is 0 Å². The summed E-state index contributed by atoms with van der Waals surface area (Å²) in [6.07, 6.45) is 0. The predicted molar refractivity (Wildman–Crippen MR) is 72.1 cm³/mol. The molecule has 0 aromatic heterocycles. The SMILES string of the molecule is [S-][PH2+]N(c1ccccc1)c1ccccc1. The molecule has 1 unspecified atom stereocenters. The molecule has 3 heteroatoms. The molecule has 0 fully saturated rings. The molecular formula is C12H12NPS. The summed E-state index contributed by atoms with van der Waals surface area (Å²) in [5.74, 6) is 0. The van der Waals surface area contributed by atoms with Crippen LogP contribution in [0.1, 0.15) is 0 Å². The highest BCUT2D eigenvalue weighted by atomic mass is 32.7. The molecule has 2 rings (SSSR count). The molecule has 0 amide bonds. The third-order valence-electron chi connectivity index (χ3n) is 2.17. The summed E-state index contributed by atoms with van der Waals surface area (Å²) < 4.78 is 2.19. The molecule has 1 atom stereocenters. The van der Waals surface area contributed by atoms with Gasteiger partial charge in [-0.2, -0.15) is 0 Å². The second kappa shape index (κ2) is 5.20. The van der Waals surface area contributed by atoms with Crippen LogP contribution < -0.4 is 4.67 Å². The van der Waals surface area contributed by atoms with E-state index in [9.17, 15) is 0 Å². The molecule has 0 saturated heterocycles. The van der Waals surface area contributed by atoms with Gasteiger partial charge in [-0.15, -0.1) is 0 Å². The van der Waals surface area contributed by atoms with Crippen molar-refractivity contribution in [3.05, 3.63) is 60.7 Å². The van der Waals surface area contributed by atoms with Gasteiger partial charge in [0.15, 0.2) is 0 Å². The largest absolute Gasteiger partial charge is 0.537 e. The third kappa shape index (κ3) is 2.53. The lowest BCUT2D eigenvalue weighted by Gasteiger charge is -2.20. The first-order chi connectivity index (χ1) is 7.42. The van der Waals surface area contributed by atoms with Crippen molar-refractivity contribution in [3.8, 4) is 0 Å². The molecule has 15 heavy (non-hydrogen) atoms. The lowest BCUT2D eigenvalue weighted by Crippen LogP contribution is -2.02. The first kappa shape index (κ1) is 10.5. The van der Waals surface area contributed by atoms with E-state index in [1.807, 2.05) is 36.4 Å². The molecule has 0 saturated carbocycles. The average Bonchev–Trinajstić information content (AvgIpc) is 2.33. The Morgan fingerprint density at radius 3 is 1.47 bits per heavy atom. The number of rotatable bonds is 3. The Morgan fingerprint density at radius 1 is 0.733 bits per heavy atom. The van der Waals surface area contributed by atoms with Gasteiger partial charge >= 0.3 is 0 Å². The Kier molecular flexibility index (Phi) is 3.65. The van der Waals surface area contributed by atoms with Crippen LogP contribution in [-0.2, 0) is 12.2 Å². The molecule has 0 aliphatic heterocycles. The van der Waals surface area contributed by atoms with Crippen LogP contribution in [0.25, 0.3) is 0 Å². The fourth-order valence-corrected chi connectivity index (χ4v) is 2.77. The highest BCUT2D eigenvalue weighted by Gasteiger charge is 2.06. The molecule has 0 aliphatic rings. The van der Waals surface area contributed by atoms with Crippen molar-refractivity contribution in [2.24, 2.45) is 0 Å². The van der Waals surface area contributed by atoms with E-state index in [2.05, 4.69) is 28.9 Å². The van der Waals surface area contributed by atoms with Gasteiger partial charge in [0, 0.05) is 0 Å². The molecule has 0 spiro atoms. The maximum absolute atomic E-state index is 5.25. The van der Waals surface area contributed by atoms with Crippen molar-refractivity contribution < 1.29 is 0 Å². The number of nitrogens with zero attached hydrogens (tertiary/aromatic N) is 1. The third-order valence-corrected chi connectivity index (χ3v) is 3.61. The molecule has 76 valence electrons. The van der Waals surface area contributed by atoms with Crippen LogP contribution in [0.2, 0.25) is 0 Å². The van der Waals surface area contributed by atoms with Crippen molar-refractivity contribution in [2.75, 3.05) is 4.67 Å². The van der Waals surface area contributed by atoms with Crippen molar-refractivity contribution in [1.82, 2.24) is 0 Å². The van der Waals surface area contributed by atoms with Gasteiger partial charge in [0.2, 0.25) is 0 Å². The average molecular weight is 233 g/mol. The second-order valence-electron chi connectivity index (χ2n) is 3.15. The van der Waals surface area contributed by atoms with Gasteiger partial charge < -0.3 is 12.2 Å². The van der Waals surface area contributed by atoms with Gasteiger partial charge in [-0.1, -0.05) is 36.4 Å². The standard InChI is InChI=1S/C12H12NPS/c15-14-13(11-7-3-1-4-8-11)12-9-5-2-6-10-12/h1-10H,14H2. The van der Waals surface area contributed by atoms with Crippen molar-refractivity contribution in [3.63, 3.8) is 0 Å². The number of benzene rings is 2.